The molecule has 0 fully saturated rings. The van der Waals surface area contributed by atoms with Crippen molar-refractivity contribution in [3.63, 3.8) is 0 Å². The molecule has 0 aromatic heterocycles. The van der Waals surface area contributed by atoms with E-state index in [1.54, 1.807) is 4.90 Å². The Balaban J connectivity index is 2.93. The van der Waals surface area contributed by atoms with Gasteiger partial charge in [0.2, 0.25) is 0 Å². The third-order valence-electron chi connectivity index (χ3n) is 2.66. The average Bonchev–Trinajstić information content (AvgIpc) is 2.33. The molecule has 1 amide bonds. The van der Waals surface area contributed by atoms with Crippen molar-refractivity contribution >= 4 is 34.7 Å². The summed E-state index contributed by atoms with van der Waals surface area (Å²) in [4.78, 5) is 14.5. The van der Waals surface area contributed by atoms with Gasteiger partial charge in [0, 0.05) is 19.5 Å². The molecule has 20 heavy (non-hydrogen) atoms. The molecule has 6 heteroatoms. The molecule has 0 spiro atoms. The van der Waals surface area contributed by atoms with Crippen LogP contribution in [0.5, 0.6) is 0 Å². The Morgan fingerprint density at radius 3 is 2.65 bits per heavy atom. The number of nitrogens with zero attached hydrogens (tertiary/aromatic N) is 1. The predicted octanol–water partition coefficient (Wildman–Crippen LogP) is 3.25. The summed E-state index contributed by atoms with van der Waals surface area (Å²) < 4.78 is 13.0. The van der Waals surface area contributed by atoms with Gasteiger partial charge in [-0.3, -0.25) is 4.79 Å². The smallest absolute Gasteiger partial charge is 0.255 e. The number of nitrogens with two attached hydrogens (primary N) is 1. The second kappa shape index (κ2) is 7.55. The molecule has 0 bridgehead atoms. The van der Waals surface area contributed by atoms with Crippen molar-refractivity contribution in [1.29, 1.82) is 0 Å². The first kappa shape index (κ1) is 16.9. The highest BCUT2D eigenvalue weighted by atomic mass is 35.5. The average molecular weight is 317 g/mol. The molecule has 0 unspecified atom stereocenters. The van der Waals surface area contributed by atoms with E-state index in [4.69, 9.17) is 29.6 Å². The van der Waals surface area contributed by atoms with Gasteiger partial charge >= 0.3 is 0 Å². The molecular weight excluding hydrogens is 299 g/mol. The number of halogens is 2. The predicted molar refractivity (Wildman–Crippen MR) is 83.6 cm³/mol. The maximum absolute atomic E-state index is 13.0. The Morgan fingerprint density at radius 1 is 1.50 bits per heavy atom. The van der Waals surface area contributed by atoms with E-state index in [1.165, 1.54) is 12.1 Å². The van der Waals surface area contributed by atoms with Crippen molar-refractivity contribution in [2.45, 2.75) is 20.3 Å². The van der Waals surface area contributed by atoms with Crippen LogP contribution < -0.4 is 5.73 Å². The van der Waals surface area contributed by atoms with Gasteiger partial charge in [0.25, 0.3) is 5.91 Å². The molecule has 1 aromatic carbocycles. The van der Waals surface area contributed by atoms with E-state index in [2.05, 4.69) is 0 Å². The van der Waals surface area contributed by atoms with E-state index >= 15 is 0 Å². The molecule has 0 aliphatic rings. The largest absolute Gasteiger partial charge is 0.393 e. The summed E-state index contributed by atoms with van der Waals surface area (Å²) in [7, 11) is 0. The van der Waals surface area contributed by atoms with Gasteiger partial charge in [-0.2, -0.15) is 0 Å². The maximum atomic E-state index is 13.0. The van der Waals surface area contributed by atoms with Gasteiger partial charge in [-0.05, 0) is 24.1 Å². The van der Waals surface area contributed by atoms with Crippen LogP contribution in [0.15, 0.2) is 18.2 Å². The molecule has 0 aliphatic heterocycles. The van der Waals surface area contributed by atoms with Crippen LogP contribution in [0.2, 0.25) is 5.02 Å². The van der Waals surface area contributed by atoms with E-state index in [0.29, 0.717) is 30.4 Å². The van der Waals surface area contributed by atoms with Crippen LogP contribution in [0.4, 0.5) is 4.39 Å². The van der Waals surface area contributed by atoms with Gasteiger partial charge < -0.3 is 10.6 Å². The minimum Gasteiger partial charge on any atom is -0.393 e. The third kappa shape index (κ3) is 5.06. The van der Waals surface area contributed by atoms with Crippen molar-refractivity contribution in [2.75, 3.05) is 13.1 Å². The fourth-order valence-corrected chi connectivity index (χ4v) is 2.13. The first-order chi connectivity index (χ1) is 9.31. The monoisotopic (exact) mass is 316 g/mol. The van der Waals surface area contributed by atoms with Gasteiger partial charge in [-0.25, -0.2) is 4.39 Å². The lowest BCUT2D eigenvalue weighted by molar-refractivity contribution is 0.0741. The topological polar surface area (TPSA) is 46.3 Å². The van der Waals surface area contributed by atoms with Gasteiger partial charge in [0.15, 0.2) is 0 Å². The van der Waals surface area contributed by atoms with E-state index in [-0.39, 0.29) is 16.5 Å². The number of carbonyl (C=O) groups is 1. The lowest BCUT2D eigenvalue weighted by atomic mass is 10.1. The lowest BCUT2D eigenvalue weighted by Gasteiger charge is -2.25. The zero-order chi connectivity index (χ0) is 15.3. The second-order valence-electron chi connectivity index (χ2n) is 4.99. The highest BCUT2D eigenvalue weighted by molar-refractivity contribution is 7.80. The third-order valence-corrected chi connectivity index (χ3v) is 3.18. The van der Waals surface area contributed by atoms with E-state index in [0.717, 1.165) is 6.07 Å². The maximum Gasteiger partial charge on any atom is 0.255 e. The van der Waals surface area contributed by atoms with Crippen LogP contribution in [0, 0.1) is 11.7 Å². The number of hydrogen-bond acceptors (Lipinski definition) is 2. The molecular formula is C14H18ClFN2OS. The molecule has 0 radical (unpaired) electrons. The van der Waals surface area contributed by atoms with Crippen molar-refractivity contribution in [2.24, 2.45) is 11.7 Å². The molecule has 3 nitrogen and oxygen atoms in total. The van der Waals surface area contributed by atoms with Crippen molar-refractivity contribution in [3.05, 3.63) is 34.6 Å². The van der Waals surface area contributed by atoms with Gasteiger partial charge in [-0.15, -0.1) is 0 Å². The molecule has 2 N–H and O–H groups in total. The minimum atomic E-state index is -0.468. The Hall–Kier alpha value is -1.20. The minimum absolute atomic E-state index is 0.110. The first-order valence-electron chi connectivity index (χ1n) is 6.34. The van der Waals surface area contributed by atoms with E-state index in [9.17, 15) is 9.18 Å². The molecule has 0 atom stereocenters. The van der Waals surface area contributed by atoms with Crippen molar-refractivity contribution in [1.82, 2.24) is 4.90 Å². The molecule has 0 saturated carbocycles. The number of amides is 1. The van der Waals surface area contributed by atoms with E-state index < -0.39 is 5.82 Å². The summed E-state index contributed by atoms with van der Waals surface area (Å²) in [6.07, 6.45) is 0.451. The molecule has 0 aliphatic carbocycles. The number of benzene rings is 1. The van der Waals surface area contributed by atoms with Crippen LogP contribution in [-0.4, -0.2) is 28.9 Å². The van der Waals surface area contributed by atoms with Crippen molar-refractivity contribution < 1.29 is 9.18 Å². The summed E-state index contributed by atoms with van der Waals surface area (Å²) >= 11 is 10.8. The Kier molecular flexibility index (Phi) is 6.36. The van der Waals surface area contributed by atoms with Crippen molar-refractivity contribution in [3.8, 4) is 0 Å². The summed E-state index contributed by atoms with van der Waals surface area (Å²) in [6, 6.07) is 3.75. The molecule has 0 heterocycles. The SMILES string of the molecule is CC(C)CN(CCC(N)=S)C(=O)c1ccc(F)cc1Cl. The molecule has 110 valence electrons. The number of thiocarbonyl (C=S) groups is 1. The highest BCUT2D eigenvalue weighted by Crippen LogP contribution is 2.19. The first-order valence-corrected chi connectivity index (χ1v) is 7.12. The van der Waals surface area contributed by atoms with Gasteiger partial charge in [0.1, 0.15) is 5.82 Å². The molecule has 0 saturated heterocycles. The van der Waals surface area contributed by atoms with E-state index in [1.807, 2.05) is 13.8 Å². The number of rotatable bonds is 6. The summed E-state index contributed by atoms with van der Waals surface area (Å²) in [5, 5.41) is 0.110. The summed E-state index contributed by atoms with van der Waals surface area (Å²) in [6.45, 7) is 5.01. The standard InChI is InChI=1S/C14H18ClFN2OS/c1-9(2)8-18(6-5-13(17)20)14(19)11-4-3-10(16)7-12(11)15/h3-4,7,9H,5-6,8H2,1-2H3,(H2,17,20). The highest BCUT2D eigenvalue weighted by Gasteiger charge is 2.19. The van der Waals surface area contributed by atoms with Crippen LogP contribution in [-0.2, 0) is 0 Å². The van der Waals surface area contributed by atoms with Crippen LogP contribution in [0.3, 0.4) is 0 Å². The molecule has 1 rings (SSSR count). The summed E-state index contributed by atoms with van der Waals surface area (Å²) in [5.74, 6) is -0.408. The lowest BCUT2D eigenvalue weighted by Crippen LogP contribution is -2.36. The fraction of sp³-hybridized carbons (Fsp3) is 0.429. The zero-order valence-corrected chi connectivity index (χ0v) is 13.1. The van der Waals surface area contributed by atoms with Crippen LogP contribution in [0.1, 0.15) is 30.6 Å². The second-order valence-corrected chi connectivity index (χ2v) is 5.92. The van der Waals surface area contributed by atoms with Gasteiger partial charge in [0.05, 0.1) is 15.6 Å². The normalized spacial score (nSPS) is 10.7. The van der Waals surface area contributed by atoms with Crippen LogP contribution >= 0.6 is 23.8 Å². The van der Waals surface area contributed by atoms with Crippen LogP contribution in [0.25, 0.3) is 0 Å². The molecule has 1 aromatic rings. The quantitative estimate of drug-likeness (QED) is 0.819. The Morgan fingerprint density at radius 2 is 2.15 bits per heavy atom. The number of hydrogen-bond donors (Lipinski definition) is 1. The fourth-order valence-electron chi connectivity index (χ4n) is 1.79. The Labute approximate surface area is 128 Å². The number of carbonyl (C=O) groups excluding carboxylic acids is 1. The van der Waals surface area contributed by atoms with Gasteiger partial charge in [-0.1, -0.05) is 37.7 Å². The summed E-state index contributed by atoms with van der Waals surface area (Å²) in [5.41, 5.74) is 5.77. The Bertz CT molecular complexity index is 508. The zero-order valence-electron chi connectivity index (χ0n) is 11.5.